The maximum atomic E-state index is 13.5. The van der Waals surface area contributed by atoms with Crippen LogP contribution in [0.5, 0.6) is 11.5 Å². The van der Waals surface area contributed by atoms with Gasteiger partial charge in [-0.2, -0.15) is 0 Å². The number of nitrogens with zero attached hydrogens (tertiary/aromatic N) is 2. The zero-order valence-corrected chi connectivity index (χ0v) is 20.5. The Kier molecular flexibility index (Phi) is 7.22. The number of methoxy groups -OCH3 is 1. The minimum absolute atomic E-state index is 0.169. The molecule has 0 spiro atoms. The first-order chi connectivity index (χ1) is 16.8. The normalized spacial score (nSPS) is 15.6. The van der Waals surface area contributed by atoms with Gasteiger partial charge in [0.05, 0.1) is 23.4 Å². The molecule has 178 valence electrons. The highest BCUT2D eigenvalue weighted by Gasteiger charge is 2.34. The first-order valence-corrected chi connectivity index (χ1v) is 11.7. The van der Waals surface area contributed by atoms with Gasteiger partial charge in [-0.25, -0.2) is 4.99 Å². The number of hydrogen-bond donors (Lipinski definition) is 1. The molecule has 3 aromatic rings. The van der Waals surface area contributed by atoms with Gasteiger partial charge in [0.25, 0.3) is 11.8 Å². The van der Waals surface area contributed by atoms with E-state index >= 15 is 0 Å². The molecular formula is C27H25N3O4S. The number of aryl methyl sites for hydroxylation is 2. The highest BCUT2D eigenvalue weighted by molar-refractivity contribution is 8.19. The fraction of sp³-hybridized carbons (Fsp3) is 0.148. The molecule has 2 amide bonds. The van der Waals surface area contributed by atoms with E-state index in [0.29, 0.717) is 21.6 Å². The SMILES string of the molecule is COc1cc(/C=C2/SC(=Nc3ccc(C)cc3)N(c3ccc(C)cc3)C2=O)ccc1OCC(N)=O. The number of hydrogen-bond acceptors (Lipinski definition) is 6. The molecule has 1 heterocycles. The van der Waals surface area contributed by atoms with Gasteiger partial charge in [-0.15, -0.1) is 0 Å². The fourth-order valence-corrected chi connectivity index (χ4v) is 4.39. The van der Waals surface area contributed by atoms with Gasteiger partial charge in [0.1, 0.15) is 0 Å². The van der Waals surface area contributed by atoms with E-state index in [-0.39, 0.29) is 12.5 Å². The van der Waals surface area contributed by atoms with Gasteiger partial charge in [-0.05, 0) is 73.6 Å². The lowest BCUT2D eigenvalue weighted by Crippen LogP contribution is -2.28. The summed E-state index contributed by atoms with van der Waals surface area (Å²) in [5.74, 6) is 0.0715. The van der Waals surface area contributed by atoms with Crippen molar-refractivity contribution in [2.24, 2.45) is 10.7 Å². The van der Waals surface area contributed by atoms with Crippen LogP contribution in [-0.4, -0.2) is 30.7 Å². The molecular weight excluding hydrogens is 462 g/mol. The Morgan fingerprint density at radius 3 is 2.29 bits per heavy atom. The first-order valence-electron chi connectivity index (χ1n) is 10.9. The highest BCUT2D eigenvalue weighted by Crippen LogP contribution is 2.38. The molecule has 1 aliphatic rings. The number of ether oxygens (including phenoxy) is 2. The molecule has 0 unspecified atom stereocenters. The predicted octanol–water partition coefficient (Wildman–Crippen LogP) is 4.98. The van der Waals surface area contributed by atoms with Crippen molar-refractivity contribution in [2.45, 2.75) is 13.8 Å². The third kappa shape index (κ3) is 5.73. The lowest BCUT2D eigenvalue weighted by Gasteiger charge is -2.16. The zero-order valence-electron chi connectivity index (χ0n) is 19.6. The van der Waals surface area contributed by atoms with Crippen LogP contribution in [-0.2, 0) is 9.59 Å². The number of benzene rings is 3. The van der Waals surface area contributed by atoms with Gasteiger partial charge < -0.3 is 15.2 Å². The van der Waals surface area contributed by atoms with Crippen LogP contribution >= 0.6 is 11.8 Å². The van der Waals surface area contributed by atoms with E-state index in [0.717, 1.165) is 28.1 Å². The number of rotatable bonds is 7. The summed E-state index contributed by atoms with van der Waals surface area (Å²) in [5, 5.41) is 0.572. The van der Waals surface area contributed by atoms with Gasteiger partial charge in [0, 0.05) is 0 Å². The van der Waals surface area contributed by atoms with Gasteiger partial charge in [-0.3, -0.25) is 14.5 Å². The Morgan fingerprint density at radius 2 is 1.66 bits per heavy atom. The molecule has 1 fully saturated rings. The largest absolute Gasteiger partial charge is 0.493 e. The first kappa shape index (κ1) is 24.1. The molecule has 0 aliphatic carbocycles. The summed E-state index contributed by atoms with van der Waals surface area (Å²) < 4.78 is 10.8. The summed E-state index contributed by atoms with van der Waals surface area (Å²) in [6, 6.07) is 20.8. The smallest absolute Gasteiger partial charge is 0.271 e. The van der Waals surface area contributed by atoms with Crippen molar-refractivity contribution < 1.29 is 19.1 Å². The molecule has 8 heteroatoms. The van der Waals surface area contributed by atoms with Crippen molar-refractivity contribution in [1.82, 2.24) is 0 Å². The number of carbonyl (C=O) groups is 2. The summed E-state index contributed by atoms with van der Waals surface area (Å²) in [4.78, 5) is 31.4. The minimum atomic E-state index is -0.581. The van der Waals surface area contributed by atoms with Crippen LogP contribution in [0.15, 0.2) is 76.6 Å². The highest BCUT2D eigenvalue weighted by atomic mass is 32.2. The maximum absolute atomic E-state index is 13.5. The second-order valence-corrected chi connectivity index (χ2v) is 8.99. The Bertz CT molecular complexity index is 1320. The van der Waals surface area contributed by atoms with Crippen LogP contribution in [0.4, 0.5) is 11.4 Å². The Balaban J connectivity index is 1.70. The third-order valence-corrected chi connectivity index (χ3v) is 6.18. The van der Waals surface area contributed by atoms with Crippen LogP contribution < -0.4 is 20.1 Å². The lowest BCUT2D eigenvalue weighted by atomic mass is 10.1. The summed E-state index contributed by atoms with van der Waals surface area (Å²) in [6.45, 7) is 3.76. The van der Waals surface area contributed by atoms with Crippen LogP contribution in [0.3, 0.4) is 0 Å². The van der Waals surface area contributed by atoms with Crippen LogP contribution in [0.1, 0.15) is 16.7 Å². The summed E-state index contributed by atoms with van der Waals surface area (Å²) in [5.41, 5.74) is 9.65. The molecule has 3 aromatic carbocycles. The number of carbonyl (C=O) groups excluding carboxylic acids is 2. The van der Waals surface area contributed by atoms with E-state index < -0.39 is 5.91 Å². The maximum Gasteiger partial charge on any atom is 0.271 e. The standard InChI is InChI=1S/C27H25N3O4S/c1-17-4-9-20(10-5-17)29-27-30(21-11-6-18(2)7-12-21)26(32)24(35-27)15-19-8-13-22(23(14-19)33-3)34-16-25(28)31/h4-15H,16H2,1-3H3,(H2,28,31)/b24-15+,29-27?. The monoisotopic (exact) mass is 487 g/mol. The topological polar surface area (TPSA) is 94.2 Å². The molecule has 2 N–H and O–H groups in total. The van der Waals surface area contributed by atoms with Gasteiger partial charge in [-0.1, -0.05) is 41.5 Å². The molecule has 4 rings (SSSR count). The molecule has 0 saturated carbocycles. The number of amides is 2. The third-order valence-electron chi connectivity index (χ3n) is 5.21. The fourth-order valence-electron chi connectivity index (χ4n) is 3.39. The van der Waals surface area contributed by atoms with E-state index in [1.165, 1.54) is 18.9 Å². The molecule has 35 heavy (non-hydrogen) atoms. The molecule has 1 aliphatic heterocycles. The number of thioether (sulfide) groups is 1. The van der Waals surface area contributed by atoms with Crippen molar-refractivity contribution in [3.05, 3.63) is 88.3 Å². The van der Waals surface area contributed by atoms with Crippen molar-refractivity contribution >= 4 is 46.2 Å². The van der Waals surface area contributed by atoms with Gasteiger partial charge >= 0.3 is 0 Å². The Morgan fingerprint density at radius 1 is 1.00 bits per heavy atom. The average molecular weight is 488 g/mol. The molecule has 1 saturated heterocycles. The number of aliphatic imine (C=N–C) groups is 1. The number of primary amides is 1. The minimum Gasteiger partial charge on any atom is -0.493 e. The summed E-state index contributed by atoms with van der Waals surface area (Å²) >= 11 is 1.31. The quantitative estimate of drug-likeness (QED) is 0.474. The van der Waals surface area contributed by atoms with Crippen molar-refractivity contribution in [3.63, 3.8) is 0 Å². The van der Waals surface area contributed by atoms with E-state index in [1.54, 1.807) is 29.2 Å². The zero-order chi connectivity index (χ0) is 24.9. The number of anilines is 1. The predicted molar refractivity (Wildman–Crippen MR) is 140 cm³/mol. The van der Waals surface area contributed by atoms with E-state index in [2.05, 4.69) is 0 Å². The summed E-state index contributed by atoms with van der Waals surface area (Å²) in [7, 11) is 1.50. The van der Waals surface area contributed by atoms with E-state index in [9.17, 15) is 9.59 Å². The summed E-state index contributed by atoms with van der Waals surface area (Å²) in [6.07, 6.45) is 1.78. The van der Waals surface area contributed by atoms with Gasteiger partial charge in [0.15, 0.2) is 23.3 Å². The second-order valence-electron chi connectivity index (χ2n) is 7.98. The van der Waals surface area contributed by atoms with Crippen LogP contribution in [0.2, 0.25) is 0 Å². The Hall–Kier alpha value is -4.04. The van der Waals surface area contributed by atoms with E-state index in [1.807, 2.05) is 62.4 Å². The molecule has 0 aromatic heterocycles. The van der Waals surface area contributed by atoms with Crippen molar-refractivity contribution in [2.75, 3.05) is 18.6 Å². The van der Waals surface area contributed by atoms with Crippen LogP contribution in [0, 0.1) is 13.8 Å². The number of amidine groups is 1. The molecule has 0 atom stereocenters. The van der Waals surface area contributed by atoms with Crippen molar-refractivity contribution in [1.29, 1.82) is 0 Å². The van der Waals surface area contributed by atoms with Crippen molar-refractivity contribution in [3.8, 4) is 11.5 Å². The molecule has 7 nitrogen and oxygen atoms in total. The number of nitrogens with two attached hydrogens (primary N) is 1. The lowest BCUT2D eigenvalue weighted by molar-refractivity contribution is -0.120. The Labute approximate surface area is 208 Å². The average Bonchev–Trinajstić information content (AvgIpc) is 3.14. The van der Waals surface area contributed by atoms with Crippen LogP contribution in [0.25, 0.3) is 6.08 Å². The molecule has 0 bridgehead atoms. The molecule has 0 radical (unpaired) electrons. The second kappa shape index (κ2) is 10.5. The van der Waals surface area contributed by atoms with E-state index in [4.69, 9.17) is 20.2 Å². The van der Waals surface area contributed by atoms with Gasteiger partial charge in [0.2, 0.25) is 0 Å².